The fourth-order valence-electron chi connectivity index (χ4n) is 2.22. The zero-order chi connectivity index (χ0) is 18.8. The Balaban J connectivity index is 1.88. The van der Waals surface area contributed by atoms with Gasteiger partial charge in [0.25, 0.3) is 0 Å². The Morgan fingerprint density at radius 2 is 1.04 bits per heavy atom. The molecule has 0 heterocycles. The van der Waals surface area contributed by atoms with Crippen molar-refractivity contribution in [1.29, 1.82) is 0 Å². The molecule has 0 spiro atoms. The van der Waals surface area contributed by atoms with Crippen LogP contribution in [-0.2, 0) is 0 Å². The highest BCUT2D eigenvalue weighted by molar-refractivity contribution is 6.30. The SMILES string of the molecule is CCN(CCN(CC)/N=C/c1ccc(Cl)cc1)/N=C/c1ccc(Cl)cc1. The molecule has 0 radical (unpaired) electrons. The average Bonchev–Trinajstić information content (AvgIpc) is 2.66. The number of rotatable bonds is 9. The Bertz CT molecular complexity index is 648. The van der Waals surface area contributed by atoms with E-state index < -0.39 is 0 Å². The molecule has 0 bridgehead atoms. The van der Waals surface area contributed by atoms with Gasteiger partial charge in [-0.05, 0) is 49.2 Å². The number of hydrogen-bond acceptors (Lipinski definition) is 4. The molecule has 0 amide bonds. The minimum absolute atomic E-state index is 0.728. The molecule has 0 saturated heterocycles. The van der Waals surface area contributed by atoms with E-state index in [1.54, 1.807) is 0 Å². The zero-order valence-electron chi connectivity index (χ0n) is 15.1. The van der Waals surface area contributed by atoms with Crippen molar-refractivity contribution in [3.05, 3.63) is 69.7 Å². The summed E-state index contributed by atoms with van der Waals surface area (Å²) in [5.74, 6) is 0. The molecule has 0 aliphatic heterocycles. The van der Waals surface area contributed by atoms with Crippen LogP contribution in [0.3, 0.4) is 0 Å². The molecule has 2 aromatic rings. The zero-order valence-corrected chi connectivity index (χ0v) is 16.7. The van der Waals surface area contributed by atoms with E-state index in [1.165, 1.54) is 0 Å². The van der Waals surface area contributed by atoms with E-state index in [0.717, 1.165) is 47.4 Å². The summed E-state index contributed by atoms with van der Waals surface area (Å²) < 4.78 is 0. The molecule has 0 unspecified atom stereocenters. The van der Waals surface area contributed by atoms with Crippen molar-refractivity contribution in [3.8, 4) is 0 Å². The third kappa shape index (κ3) is 7.06. The molecule has 26 heavy (non-hydrogen) atoms. The number of hydrogen-bond donors (Lipinski definition) is 0. The van der Waals surface area contributed by atoms with Crippen LogP contribution < -0.4 is 0 Å². The molecule has 4 nitrogen and oxygen atoms in total. The summed E-state index contributed by atoms with van der Waals surface area (Å²) in [5, 5.41) is 14.6. The summed E-state index contributed by atoms with van der Waals surface area (Å²) in [7, 11) is 0. The Labute approximate surface area is 165 Å². The smallest absolute Gasteiger partial charge is 0.0552 e. The number of halogens is 2. The van der Waals surface area contributed by atoms with Gasteiger partial charge in [-0.2, -0.15) is 10.2 Å². The van der Waals surface area contributed by atoms with E-state index in [4.69, 9.17) is 23.2 Å². The second-order valence-corrected chi connectivity index (χ2v) is 6.56. The lowest BCUT2D eigenvalue weighted by atomic mass is 10.2. The van der Waals surface area contributed by atoms with Crippen LogP contribution in [0, 0.1) is 0 Å². The molecule has 0 aliphatic carbocycles. The molecule has 0 fully saturated rings. The summed E-state index contributed by atoms with van der Waals surface area (Å²) in [5.41, 5.74) is 2.06. The van der Waals surface area contributed by atoms with Gasteiger partial charge in [0, 0.05) is 23.1 Å². The highest BCUT2D eigenvalue weighted by Gasteiger charge is 2.02. The normalized spacial score (nSPS) is 11.4. The van der Waals surface area contributed by atoms with Gasteiger partial charge in [-0.3, -0.25) is 10.0 Å². The molecule has 0 N–H and O–H groups in total. The van der Waals surface area contributed by atoms with Crippen molar-refractivity contribution in [3.63, 3.8) is 0 Å². The van der Waals surface area contributed by atoms with Crippen LogP contribution in [0.2, 0.25) is 10.0 Å². The molecular formula is C20H24Cl2N4. The van der Waals surface area contributed by atoms with Gasteiger partial charge >= 0.3 is 0 Å². The van der Waals surface area contributed by atoms with Crippen molar-refractivity contribution >= 4 is 35.6 Å². The quantitative estimate of drug-likeness (QED) is 0.445. The highest BCUT2D eigenvalue weighted by atomic mass is 35.5. The van der Waals surface area contributed by atoms with Crippen molar-refractivity contribution < 1.29 is 0 Å². The first-order valence-corrected chi connectivity index (χ1v) is 9.45. The summed E-state index contributed by atoms with van der Waals surface area (Å²) >= 11 is 11.8. The largest absolute Gasteiger partial charge is 0.295 e. The van der Waals surface area contributed by atoms with Gasteiger partial charge in [-0.15, -0.1) is 0 Å². The molecule has 0 aliphatic rings. The second kappa shape index (κ2) is 10.8. The predicted octanol–water partition coefficient (Wildman–Crippen LogP) is 5.01. The van der Waals surface area contributed by atoms with Crippen molar-refractivity contribution in [2.45, 2.75) is 13.8 Å². The van der Waals surface area contributed by atoms with Gasteiger partial charge in [0.2, 0.25) is 0 Å². The maximum Gasteiger partial charge on any atom is 0.0552 e. The second-order valence-electron chi connectivity index (χ2n) is 5.68. The minimum atomic E-state index is 0.728. The van der Waals surface area contributed by atoms with Gasteiger partial charge in [0.1, 0.15) is 0 Å². The lowest BCUT2D eigenvalue weighted by Crippen LogP contribution is -2.29. The molecular weight excluding hydrogens is 367 g/mol. The van der Waals surface area contributed by atoms with E-state index in [1.807, 2.05) is 71.0 Å². The minimum Gasteiger partial charge on any atom is -0.295 e. The van der Waals surface area contributed by atoms with E-state index in [9.17, 15) is 0 Å². The molecule has 6 heteroatoms. The molecule has 2 rings (SSSR count). The Hall–Kier alpha value is -2.04. The topological polar surface area (TPSA) is 31.2 Å². The van der Waals surface area contributed by atoms with Crippen LogP contribution in [0.25, 0.3) is 0 Å². The van der Waals surface area contributed by atoms with Crippen molar-refractivity contribution in [2.24, 2.45) is 10.2 Å². The van der Waals surface area contributed by atoms with Gasteiger partial charge in [0.15, 0.2) is 0 Å². The van der Waals surface area contributed by atoms with Crippen LogP contribution in [0.4, 0.5) is 0 Å². The Kier molecular flexibility index (Phi) is 8.45. The summed E-state index contributed by atoms with van der Waals surface area (Å²) in [4.78, 5) is 0. The van der Waals surface area contributed by atoms with Crippen LogP contribution >= 0.6 is 23.2 Å². The van der Waals surface area contributed by atoms with Gasteiger partial charge in [-0.1, -0.05) is 47.5 Å². The van der Waals surface area contributed by atoms with Crippen LogP contribution in [-0.4, -0.2) is 48.6 Å². The van der Waals surface area contributed by atoms with Gasteiger partial charge in [0.05, 0.1) is 25.5 Å². The third-order valence-corrected chi connectivity index (χ3v) is 4.33. The molecule has 0 aromatic heterocycles. The molecule has 138 valence electrons. The fourth-order valence-corrected chi connectivity index (χ4v) is 2.47. The summed E-state index contributed by atoms with van der Waals surface area (Å²) in [6.45, 7) is 7.45. The summed E-state index contributed by atoms with van der Waals surface area (Å²) in [6, 6.07) is 15.3. The van der Waals surface area contributed by atoms with Gasteiger partial charge < -0.3 is 0 Å². The summed E-state index contributed by atoms with van der Waals surface area (Å²) in [6.07, 6.45) is 3.71. The predicted molar refractivity (Wildman–Crippen MR) is 113 cm³/mol. The Morgan fingerprint density at radius 3 is 1.35 bits per heavy atom. The average molecular weight is 391 g/mol. The standard InChI is InChI=1S/C20H24Cl2N4/c1-3-25(23-15-17-5-9-19(21)10-6-17)13-14-26(4-2)24-16-18-7-11-20(22)12-8-18/h5-12,15-16H,3-4,13-14H2,1-2H3/b23-15+,24-16+. The maximum absolute atomic E-state index is 5.90. The molecule has 0 saturated carbocycles. The van der Waals surface area contributed by atoms with Crippen LogP contribution in [0.5, 0.6) is 0 Å². The monoisotopic (exact) mass is 390 g/mol. The Morgan fingerprint density at radius 1 is 0.692 bits per heavy atom. The highest BCUT2D eigenvalue weighted by Crippen LogP contribution is 2.09. The molecule has 2 aromatic carbocycles. The van der Waals surface area contributed by atoms with E-state index in [-0.39, 0.29) is 0 Å². The maximum atomic E-state index is 5.90. The molecule has 0 atom stereocenters. The number of nitrogens with zero attached hydrogens (tertiary/aromatic N) is 4. The lowest BCUT2D eigenvalue weighted by molar-refractivity contribution is 0.227. The van der Waals surface area contributed by atoms with Gasteiger partial charge in [-0.25, -0.2) is 0 Å². The van der Waals surface area contributed by atoms with E-state index in [0.29, 0.717) is 0 Å². The third-order valence-electron chi connectivity index (χ3n) is 3.83. The fraction of sp³-hybridized carbons (Fsp3) is 0.300. The first kappa shape index (κ1) is 20.3. The first-order chi connectivity index (χ1) is 12.6. The number of likely N-dealkylation sites (N-methyl/N-ethyl adjacent to an activating group) is 2. The van der Waals surface area contributed by atoms with Crippen molar-refractivity contribution in [1.82, 2.24) is 10.0 Å². The van der Waals surface area contributed by atoms with Crippen LogP contribution in [0.1, 0.15) is 25.0 Å². The number of hydrazone groups is 2. The van der Waals surface area contributed by atoms with E-state index >= 15 is 0 Å². The van der Waals surface area contributed by atoms with Crippen molar-refractivity contribution in [2.75, 3.05) is 26.2 Å². The lowest BCUT2D eigenvalue weighted by Gasteiger charge is -2.22. The van der Waals surface area contributed by atoms with E-state index in [2.05, 4.69) is 24.1 Å². The first-order valence-electron chi connectivity index (χ1n) is 8.69. The number of benzene rings is 2. The van der Waals surface area contributed by atoms with Crippen LogP contribution in [0.15, 0.2) is 58.7 Å².